The van der Waals surface area contributed by atoms with Gasteiger partial charge in [0.25, 0.3) is 0 Å². The van der Waals surface area contributed by atoms with Crippen molar-refractivity contribution < 1.29 is 14.3 Å². The van der Waals surface area contributed by atoms with E-state index in [2.05, 4.69) is 15.9 Å². The molecule has 0 aliphatic carbocycles. The molecule has 82 valence electrons. The number of hydrogen-bond acceptors (Lipinski definition) is 2. The Bertz CT molecular complexity index is 383. The average molecular weight is 276 g/mol. The number of alkyl halides is 1. The Morgan fingerprint density at radius 3 is 2.53 bits per heavy atom. The summed E-state index contributed by atoms with van der Waals surface area (Å²) in [6.45, 7) is 1.13. The van der Waals surface area contributed by atoms with E-state index in [1.165, 1.54) is 6.07 Å². The molecule has 15 heavy (non-hydrogen) atoms. The molecule has 1 aromatic rings. The van der Waals surface area contributed by atoms with E-state index in [4.69, 9.17) is 10.8 Å². The highest BCUT2D eigenvalue weighted by atomic mass is 79.9. The van der Waals surface area contributed by atoms with Crippen LogP contribution in [0.3, 0.4) is 0 Å². The minimum Gasteiger partial charge on any atom is -0.480 e. The van der Waals surface area contributed by atoms with E-state index in [0.717, 1.165) is 6.92 Å². The quantitative estimate of drug-likeness (QED) is 0.888. The summed E-state index contributed by atoms with van der Waals surface area (Å²) in [5.74, 6) is -1.38. The third kappa shape index (κ3) is 2.03. The SMILES string of the molecule is CC(F)C(N)(C(=O)O)c1ccccc1Br. The Labute approximate surface area is 95.2 Å². The summed E-state index contributed by atoms with van der Waals surface area (Å²) in [5.41, 5.74) is 3.82. The fourth-order valence-corrected chi connectivity index (χ4v) is 1.91. The van der Waals surface area contributed by atoms with Gasteiger partial charge in [-0.2, -0.15) is 0 Å². The second-order valence-electron chi connectivity index (χ2n) is 3.27. The fraction of sp³-hybridized carbons (Fsp3) is 0.300. The molecule has 0 spiro atoms. The van der Waals surface area contributed by atoms with Crippen molar-refractivity contribution in [3.8, 4) is 0 Å². The van der Waals surface area contributed by atoms with Gasteiger partial charge in [-0.25, -0.2) is 9.18 Å². The highest BCUT2D eigenvalue weighted by molar-refractivity contribution is 9.10. The van der Waals surface area contributed by atoms with Gasteiger partial charge in [0.1, 0.15) is 6.17 Å². The van der Waals surface area contributed by atoms with Crippen LogP contribution in [0.2, 0.25) is 0 Å². The minimum atomic E-state index is -2.01. The highest BCUT2D eigenvalue weighted by Gasteiger charge is 2.43. The monoisotopic (exact) mass is 275 g/mol. The minimum absolute atomic E-state index is 0.229. The van der Waals surface area contributed by atoms with Crippen molar-refractivity contribution in [1.82, 2.24) is 0 Å². The molecule has 1 rings (SSSR count). The molecule has 5 heteroatoms. The first-order valence-corrected chi connectivity index (χ1v) is 5.11. The Kier molecular flexibility index (Phi) is 3.46. The maximum Gasteiger partial charge on any atom is 0.331 e. The van der Waals surface area contributed by atoms with Crippen LogP contribution in [0.1, 0.15) is 12.5 Å². The Balaban J connectivity index is 3.34. The molecule has 2 unspecified atom stereocenters. The van der Waals surface area contributed by atoms with Crippen molar-refractivity contribution in [3.05, 3.63) is 34.3 Å². The highest BCUT2D eigenvalue weighted by Crippen LogP contribution is 2.30. The molecule has 2 atom stereocenters. The number of benzene rings is 1. The van der Waals surface area contributed by atoms with Gasteiger partial charge in [0.2, 0.25) is 0 Å². The molecular weight excluding hydrogens is 265 g/mol. The molecule has 0 saturated heterocycles. The number of halogens is 2. The second-order valence-corrected chi connectivity index (χ2v) is 4.12. The summed E-state index contributed by atoms with van der Waals surface area (Å²) in [5, 5.41) is 8.99. The molecule has 3 nitrogen and oxygen atoms in total. The molecule has 0 heterocycles. The van der Waals surface area contributed by atoms with Crippen molar-refractivity contribution in [1.29, 1.82) is 0 Å². The molecule has 1 aromatic carbocycles. The van der Waals surface area contributed by atoms with E-state index in [9.17, 15) is 9.18 Å². The van der Waals surface area contributed by atoms with Gasteiger partial charge >= 0.3 is 5.97 Å². The molecule has 0 aromatic heterocycles. The van der Waals surface area contributed by atoms with Gasteiger partial charge in [0.05, 0.1) is 0 Å². The third-order valence-electron chi connectivity index (χ3n) is 2.30. The van der Waals surface area contributed by atoms with Gasteiger partial charge in [0.15, 0.2) is 5.54 Å². The van der Waals surface area contributed by atoms with Crippen LogP contribution in [0.5, 0.6) is 0 Å². The predicted octanol–water partition coefficient (Wildman–Crippen LogP) is 2.05. The molecule has 0 aliphatic rings. The molecule has 0 radical (unpaired) electrons. The normalized spacial score (nSPS) is 16.8. The van der Waals surface area contributed by atoms with Gasteiger partial charge in [-0.15, -0.1) is 0 Å². The van der Waals surface area contributed by atoms with Gasteiger partial charge in [-0.05, 0) is 13.0 Å². The van der Waals surface area contributed by atoms with Crippen LogP contribution >= 0.6 is 15.9 Å². The van der Waals surface area contributed by atoms with Crippen LogP contribution in [0.25, 0.3) is 0 Å². The van der Waals surface area contributed by atoms with Crippen molar-refractivity contribution >= 4 is 21.9 Å². The first-order chi connectivity index (χ1) is 6.90. The number of carboxylic acids is 1. The average Bonchev–Trinajstić information content (AvgIpc) is 2.16. The molecule has 0 saturated carbocycles. The standard InChI is InChI=1S/C10H11BrFNO2/c1-6(12)10(13,9(14)15)7-4-2-3-5-8(7)11/h2-6H,13H2,1H3,(H,14,15). The van der Waals surface area contributed by atoms with Crippen molar-refractivity contribution in [2.75, 3.05) is 0 Å². The zero-order valence-corrected chi connectivity index (χ0v) is 9.66. The fourth-order valence-electron chi connectivity index (χ4n) is 1.30. The first kappa shape index (κ1) is 12.1. The largest absolute Gasteiger partial charge is 0.480 e. The summed E-state index contributed by atoms with van der Waals surface area (Å²) in [6.07, 6.45) is -1.69. The number of carboxylic acid groups (broad SMARTS) is 1. The van der Waals surface area contributed by atoms with Gasteiger partial charge in [-0.1, -0.05) is 34.1 Å². The number of carbonyl (C=O) groups is 1. The zero-order valence-electron chi connectivity index (χ0n) is 8.08. The van der Waals surface area contributed by atoms with Crippen LogP contribution in [-0.4, -0.2) is 17.2 Å². The van der Waals surface area contributed by atoms with E-state index in [1.54, 1.807) is 18.2 Å². The van der Waals surface area contributed by atoms with Crippen molar-refractivity contribution in [3.63, 3.8) is 0 Å². The predicted molar refractivity (Wildman–Crippen MR) is 58.2 cm³/mol. The lowest BCUT2D eigenvalue weighted by molar-refractivity contribution is -0.146. The number of nitrogens with two attached hydrogens (primary N) is 1. The number of aliphatic carboxylic acids is 1. The molecule has 0 aliphatic heterocycles. The van der Waals surface area contributed by atoms with Crippen molar-refractivity contribution in [2.24, 2.45) is 5.73 Å². The Morgan fingerprint density at radius 2 is 2.13 bits per heavy atom. The second kappa shape index (κ2) is 4.28. The number of hydrogen-bond donors (Lipinski definition) is 2. The van der Waals surface area contributed by atoms with Gasteiger partial charge < -0.3 is 10.8 Å². The smallest absolute Gasteiger partial charge is 0.331 e. The van der Waals surface area contributed by atoms with Crippen LogP contribution in [0.4, 0.5) is 4.39 Å². The maximum absolute atomic E-state index is 13.3. The van der Waals surface area contributed by atoms with E-state index in [-0.39, 0.29) is 5.56 Å². The molecule has 3 N–H and O–H groups in total. The van der Waals surface area contributed by atoms with E-state index in [0.29, 0.717) is 4.47 Å². The van der Waals surface area contributed by atoms with Gasteiger partial charge in [-0.3, -0.25) is 0 Å². The summed E-state index contributed by atoms with van der Waals surface area (Å²) >= 11 is 3.16. The lowest BCUT2D eigenvalue weighted by atomic mass is 9.87. The summed E-state index contributed by atoms with van der Waals surface area (Å²) in [7, 11) is 0. The third-order valence-corrected chi connectivity index (χ3v) is 2.99. The van der Waals surface area contributed by atoms with Gasteiger partial charge in [0, 0.05) is 10.0 Å². The molecule has 0 amide bonds. The lowest BCUT2D eigenvalue weighted by Gasteiger charge is -2.27. The first-order valence-electron chi connectivity index (χ1n) is 4.32. The van der Waals surface area contributed by atoms with Crippen LogP contribution < -0.4 is 5.73 Å². The Morgan fingerprint density at radius 1 is 1.60 bits per heavy atom. The van der Waals surface area contributed by atoms with E-state index in [1.807, 2.05) is 0 Å². The van der Waals surface area contributed by atoms with Crippen molar-refractivity contribution in [2.45, 2.75) is 18.6 Å². The van der Waals surface area contributed by atoms with Crippen LogP contribution in [-0.2, 0) is 10.3 Å². The van der Waals surface area contributed by atoms with E-state index >= 15 is 0 Å². The maximum atomic E-state index is 13.3. The summed E-state index contributed by atoms with van der Waals surface area (Å²) < 4.78 is 13.8. The molecule has 0 bridgehead atoms. The molecular formula is C10H11BrFNO2. The Hall–Kier alpha value is -0.940. The van der Waals surface area contributed by atoms with E-state index < -0.39 is 17.7 Å². The lowest BCUT2D eigenvalue weighted by Crippen LogP contribution is -2.51. The summed E-state index contributed by atoms with van der Waals surface area (Å²) in [4.78, 5) is 11.0. The topological polar surface area (TPSA) is 63.3 Å². The zero-order chi connectivity index (χ0) is 11.6. The molecule has 0 fully saturated rings. The van der Waals surface area contributed by atoms with Crippen LogP contribution in [0.15, 0.2) is 28.7 Å². The van der Waals surface area contributed by atoms with Crippen LogP contribution in [0, 0.1) is 0 Å². The number of rotatable bonds is 3. The summed E-state index contributed by atoms with van der Waals surface area (Å²) in [6, 6.07) is 6.45.